The Bertz CT molecular complexity index is 1100. The average Bonchev–Trinajstić information content (AvgIpc) is 3.42. The molecule has 0 unspecified atom stereocenters. The van der Waals surface area contributed by atoms with E-state index < -0.39 is 5.97 Å². The lowest BCUT2D eigenvalue weighted by Crippen LogP contribution is -2.18. The molecule has 31 heavy (non-hydrogen) atoms. The number of carbonyl (C=O) groups excluding carboxylic acids is 3. The van der Waals surface area contributed by atoms with Crippen molar-refractivity contribution in [3.8, 4) is 0 Å². The predicted octanol–water partition coefficient (Wildman–Crippen LogP) is 5.37. The smallest absolute Gasteiger partial charge is 0.338 e. The van der Waals surface area contributed by atoms with Gasteiger partial charge in [0.1, 0.15) is 5.00 Å². The van der Waals surface area contributed by atoms with Crippen molar-refractivity contribution in [2.45, 2.75) is 32.6 Å². The number of hydrogen-bond donors (Lipinski definition) is 2. The third-order valence-electron chi connectivity index (χ3n) is 5.02. The summed E-state index contributed by atoms with van der Waals surface area (Å²) >= 11 is 2.85. The molecule has 0 spiro atoms. The van der Waals surface area contributed by atoms with Crippen LogP contribution < -0.4 is 10.6 Å². The monoisotopic (exact) mass is 454 g/mol. The van der Waals surface area contributed by atoms with E-state index in [-0.39, 0.29) is 11.8 Å². The molecule has 2 heterocycles. The van der Waals surface area contributed by atoms with Crippen molar-refractivity contribution in [1.82, 2.24) is 0 Å². The molecule has 0 atom stereocenters. The predicted molar refractivity (Wildman–Crippen MR) is 124 cm³/mol. The molecule has 1 aliphatic rings. The summed E-state index contributed by atoms with van der Waals surface area (Å²) in [6.07, 6.45) is 3.85. The Morgan fingerprint density at radius 1 is 1.00 bits per heavy atom. The highest BCUT2D eigenvalue weighted by atomic mass is 32.1. The van der Waals surface area contributed by atoms with Crippen LogP contribution in [0.5, 0.6) is 0 Å². The van der Waals surface area contributed by atoms with Crippen molar-refractivity contribution in [2.24, 2.45) is 0 Å². The SMILES string of the molecule is CCOC(=O)c1ccc(NC(=O)c2c(NC(=O)c3cccs3)sc3c2CCCC3)cc1. The normalized spacial score (nSPS) is 12.7. The first-order valence-corrected chi connectivity index (χ1v) is 11.8. The highest BCUT2D eigenvalue weighted by molar-refractivity contribution is 7.17. The quantitative estimate of drug-likeness (QED) is 0.491. The summed E-state index contributed by atoms with van der Waals surface area (Å²) in [5.74, 6) is -0.864. The van der Waals surface area contributed by atoms with Gasteiger partial charge >= 0.3 is 5.97 Å². The molecule has 2 amide bonds. The second-order valence-corrected chi connectivity index (χ2v) is 9.15. The number of ether oxygens (including phenoxy) is 1. The lowest BCUT2D eigenvalue weighted by atomic mass is 9.95. The zero-order valence-electron chi connectivity index (χ0n) is 17.0. The second-order valence-electron chi connectivity index (χ2n) is 7.10. The molecule has 0 fully saturated rings. The van der Waals surface area contributed by atoms with Gasteiger partial charge in [-0.1, -0.05) is 6.07 Å². The lowest BCUT2D eigenvalue weighted by molar-refractivity contribution is 0.0526. The molecule has 0 saturated carbocycles. The third-order valence-corrected chi connectivity index (χ3v) is 7.10. The lowest BCUT2D eigenvalue weighted by Gasteiger charge is -2.13. The van der Waals surface area contributed by atoms with E-state index >= 15 is 0 Å². The molecule has 6 nitrogen and oxygen atoms in total. The van der Waals surface area contributed by atoms with E-state index in [1.807, 2.05) is 11.4 Å². The number of rotatable bonds is 6. The van der Waals surface area contributed by atoms with E-state index in [9.17, 15) is 14.4 Å². The summed E-state index contributed by atoms with van der Waals surface area (Å²) in [6.45, 7) is 2.06. The fraction of sp³-hybridized carbons (Fsp3) is 0.261. The number of nitrogens with one attached hydrogen (secondary N) is 2. The Morgan fingerprint density at radius 2 is 1.77 bits per heavy atom. The molecule has 1 aromatic carbocycles. The van der Waals surface area contributed by atoms with Gasteiger partial charge in [0.05, 0.1) is 22.6 Å². The van der Waals surface area contributed by atoms with Crippen molar-refractivity contribution in [3.05, 3.63) is 68.2 Å². The first-order chi connectivity index (χ1) is 15.1. The largest absolute Gasteiger partial charge is 0.462 e. The Morgan fingerprint density at radius 3 is 2.48 bits per heavy atom. The molecule has 0 aliphatic heterocycles. The number of carbonyl (C=O) groups is 3. The minimum Gasteiger partial charge on any atom is -0.462 e. The average molecular weight is 455 g/mol. The van der Waals surface area contributed by atoms with Crippen LogP contribution in [0.1, 0.15) is 60.6 Å². The standard InChI is InChI=1S/C23H22N2O4S2/c1-2-29-23(28)14-9-11-15(12-10-14)24-21(27)19-16-6-3-4-7-17(16)31-22(19)25-20(26)18-8-5-13-30-18/h5,8-13H,2-4,6-7H2,1H3,(H,24,27)(H,25,26). The maximum Gasteiger partial charge on any atom is 0.338 e. The van der Waals surface area contributed by atoms with Gasteiger partial charge in [0.25, 0.3) is 11.8 Å². The molecule has 2 N–H and O–H groups in total. The summed E-state index contributed by atoms with van der Waals surface area (Å²) in [4.78, 5) is 39.4. The first kappa shape index (κ1) is 21.3. The molecule has 1 aliphatic carbocycles. The van der Waals surface area contributed by atoms with Crippen molar-refractivity contribution in [1.29, 1.82) is 0 Å². The molecule has 0 saturated heterocycles. The molecular weight excluding hydrogens is 432 g/mol. The fourth-order valence-corrected chi connectivity index (χ4v) is 5.47. The minimum absolute atomic E-state index is 0.207. The second kappa shape index (κ2) is 9.45. The van der Waals surface area contributed by atoms with Gasteiger partial charge in [-0.15, -0.1) is 22.7 Å². The number of aryl methyl sites for hydroxylation is 1. The number of amides is 2. The summed E-state index contributed by atoms with van der Waals surface area (Å²) in [5, 5.41) is 8.29. The number of benzene rings is 1. The summed E-state index contributed by atoms with van der Waals surface area (Å²) in [7, 11) is 0. The summed E-state index contributed by atoms with van der Waals surface area (Å²) in [6, 6.07) is 10.2. The number of anilines is 2. The Kier molecular flexibility index (Phi) is 6.48. The maximum atomic E-state index is 13.2. The third kappa shape index (κ3) is 4.70. The van der Waals surface area contributed by atoms with Crippen molar-refractivity contribution in [3.63, 3.8) is 0 Å². The summed E-state index contributed by atoms with van der Waals surface area (Å²) < 4.78 is 4.99. The van der Waals surface area contributed by atoms with E-state index in [0.717, 1.165) is 36.1 Å². The van der Waals surface area contributed by atoms with Crippen LogP contribution in [0.15, 0.2) is 41.8 Å². The van der Waals surface area contributed by atoms with Crippen LogP contribution in [-0.4, -0.2) is 24.4 Å². The molecule has 8 heteroatoms. The molecule has 4 rings (SSSR count). The van der Waals surface area contributed by atoms with E-state index in [1.165, 1.54) is 22.7 Å². The number of thiophene rings is 2. The molecule has 0 radical (unpaired) electrons. The van der Waals surface area contributed by atoms with E-state index in [2.05, 4.69) is 10.6 Å². The maximum absolute atomic E-state index is 13.2. The van der Waals surface area contributed by atoms with Gasteiger partial charge < -0.3 is 15.4 Å². The first-order valence-electron chi connectivity index (χ1n) is 10.1. The molecule has 3 aromatic rings. The van der Waals surface area contributed by atoms with Crippen molar-refractivity contribution < 1.29 is 19.1 Å². The van der Waals surface area contributed by atoms with Crippen LogP contribution in [0, 0.1) is 0 Å². The van der Waals surface area contributed by atoms with E-state index in [1.54, 1.807) is 37.3 Å². The van der Waals surface area contributed by atoms with Crippen LogP contribution in [0.3, 0.4) is 0 Å². The zero-order chi connectivity index (χ0) is 21.8. The van der Waals surface area contributed by atoms with E-state index in [0.29, 0.717) is 33.3 Å². The molecule has 2 aromatic heterocycles. The van der Waals surface area contributed by atoms with Crippen LogP contribution in [-0.2, 0) is 17.6 Å². The van der Waals surface area contributed by atoms with Gasteiger partial charge in [-0.25, -0.2) is 4.79 Å². The van der Waals surface area contributed by atoms with Crippen molar-refractivity contribution in [2.75, 3.05) is 17.2 Å². The minimum atomic E-state index is -0.397. The topological polar surface area (TPSA) is 84.5 Å². The number of fused-ring (bicyclic) bond motifs is 1. The Hall–Kier alpha value is -2.97. The highest BCUT2D eigenvalue weighted by Gasteiger charge is 2.27. The Labute approximate surface area is 188 Å². The fourth-order valence-electron chi connectivity index (χ4n) is 3.56. The van der Waals surface area contributed by atoms with Gasteiger partial charge in [0.2, 0.25) is 0 Å². The van der Waals surface area contributed by atoms with E-state index in [4.69, 9.17) is 4.74 Å². The van der Waals surface area contributed by atoms with Crippen molar-refractivity contribution >= 4 is 51.1 Å². The number of esters is 1. The zero-order valence-corrected chi connectivity index (χ0v) is 18.7. The van der Waals surface area contributed by atoms with Crippen LogP contribution in [0.25, 0.3) is 0 Å². The van der Waals surface area contributed by atoms with Gasteiger partial charge in [-0.2, -0.15) is 0 Å². The van der Waals surface area contributed by atoms with Gasteiger partial charge in [-0.3, -0.25) is 9.59 Å². The molecule has 160 valence electrons. The van der Waals surface area contributed by atoms with Gasteiger partial charge in [0.15, 0.2) is 0 Å². The van der Waals surface area contributed by atoms with Crippen LogP contribution in [0.4, 0.5) is 10.7 Å². The summed E-state index contributed by atoms with van der Waals surface area (Å²) in [5.41, 5.74) is 2.57. The van der Waals surface area contributed by atoms with Crippen LogP contribution >= 0.6 is 22.7 Å². The van der Waals surface area contributed by atoms with Gasteiger partial charge in [-0.05, 0) is 73.9 Å². The van der Waals surface area contributed by atoms with Gasteiger partial charge in [0, 0.05) is 10.6 Å². The molecule has 0 bridgehead atoms. The van der Waals surface area contributed by atoms with Crippen LogP contribution in [0.2, 0.25) is 0 Å². The highest BCUT2D eigenvalue weighted by Crippen LogP contribution is 2.39. The molecular formula is C23H22N2O4S2. The Balaban J connectivity index is 1.57. The number of hydrogen-bond acceptors (Lipinski definition) is 6.